The van der Waals surface area contributed by atoms with Crippen molar-refractivity contribution < 1.29 is 4.79 Å². The molecule has 2 aromatic rings. The van der Waals surface area contributed by atoms with Gasteiger partial charge in [0.2, 0.25) is 0 Å². The Morgan fingerprint density at radius 2 is 1.89 bits per heavy atom. The van der Waals surface area contributed by atoms with E-state index in [0.717, 1.165) is 27.0 Å². The predicted octanol–water partition coefficient (Wildman–Crippen LogP) is 6.34. The zero-order valence-electron chi connectivity index (χ0n) is 16.0. The van der Waals surface area contributed by atoms with E-state index in [2.05, 4.69) is 45.2 Å². The molecule has 1 saturated carbocycles. The van der Waals surface area contributed by atoms with Gasteiger partial charge in [0.15, 0.2) is 5.50 Å². The SMILES string of the molecule is C[C@@H]1CCCC[C@@H]1N1C(=O)/C(=C/c2cccc(Br)c2)SC1Nc1ccccc1. The van der Waals surface area contributed by atoms with Crippen molar-refractivity contribution in [1.82, 2.24) is 4.90 Å². The number of nitrogens with one attached hydrogen (secondary N) is 1. The minimum Gasteiger partial charge on any atom is -0.356 e. The first-order chi connectivity index (χ1) is 13.6. The van der Waals surface area contributed by atoms with E-state index in [9.17, 15) is 4.79 Å². The molecule has 1 amide bonds. The standard InChI is InChI=1S/C23H25BrN2OS/c1-16-8-5-6-13-20(16)26-22(27)21(15-17-9-7-10-18(24)14-17)28-23(26)25-19-11-3-2-4-12-19/h2-4,7,9-12,14-16,20,23,25H,5-6,8,13H2,1H3/b21-15-/t16-,20+,23?/m1/s1. The van der Waals surface area contributed by atoms with Crippen LogP contribution in [0.4, 0.5) is 5.69 Å². The molecule has 2 aromatic carbocycles. The number of hydrogen-bond acceptors (Lipinski definition) is 3. The van der Waals surface area contributed by atoms with Gasteiger partial charge in [-0.15, -0.1) is 0 Å². The Morgan fingerprint density at radius 1 is 1.11 bits per heavy atom. The fourth-order valence-electron chi connectivity index (χ4n) is 4.12. The average Bonchev–Trinajstić information content (AvgIpc) is 2.98. The lowest BCUT2D eigenvalue weighted by Gasteiger charge is -2.39. The first kappa shape index (κ1) is 19.6. The summed E-state index contributed by atoms with van der Waals surface area (Å²) in [6, 6.07) is 18.6. The number of anilines is 1. The summed E-state index contributed by atoms with van der Waals surface area (Å²) in [4.78, 5) is 16.3. The van der Waals surface area contributed by atoms with Crippen molar-refractivity contribution in [3.05, 3.63) is 69.5 Å². The van der Waals surface area contributed by atoms with Crippen molar-refractivity contribution >= 4 is 45.4 Å². The van der Waals surface area contributed by atoms with Crippen LogP contribution in [-0.4, -0.2) is 22.3 Å². The predicted molar refractivity (Wildman–Crippen MR) is 122 cm³/mol. The zero-order valence-corrected chi connectivity index (χ0v) is 18.4. The number of benzene rings is 2. The first-order valence-corrected chi connectivity index (χ1v) is 11.6. The van der Waals surface area contributed by atoms with Crippen molar-refractivity contribution in [2.24, 2.45) is 5.92 Å². The molecule has 4 rings (SSSR count). The summed E-state index contributed by atoms with van der Waals surface area (Å²) < 4.78 is 1.02. The maximum Gasteiger partial charge on any atom is 0.262 e. The van der Waals surface area contributed by atoms with E-state index in [1.54, 1.807) is 11.8 Å². The average molecular weight is 457 g/mol. The smallest absolute Gasteiger partial charge is 0.262 e. The van der Waals surface area contributed by atoms with Gasteiger partial charge < -0.3 is 10.2 Å². The van der Waals surface area contributed by atoms with Crippen molar-refractivity contribution in [1.29, 1.82) is 0 Å². The summed E-state index contributed by atoms with van der Waals surface area (Å²) in [5, 5.41) is 3.58. The van der Waals surface area contributed by atoms with Crippen LogP contribution in [0, 0.1) is 5.92 Å². The van der Waals surface area contributed by atoms with Crippen LogP contribution in [0.15, 0.2) is 64.0 Å². The number of carbonyl (C=O) groups excluding carboxylic acids is 1. The Hall–Kier alpha value is -1.72. The normalized spacial score (nSPS) is 26.6. The van der Waals surface area contributed by atoms with Crippen LogP contribution in [0.5, 0.6) is 0 Å². The molecule has 146 valence electrons. The van der Waals surface area contributed by atoms with E-state index < -0.39 is 0 Å². The molecular formula is C23H25BrN2OS. The maximum atomic E-state index is 13.4. The summed E-state index contributed by atoms with van der Waals surface area (Å²) in [6.45, 7) is 2.29. The van der Waals surface area contributed by atoms with Crippen molar-refractivity contribution in [3.8, 4) is 0 Å². The second-order valence-corrected chi connectivity index (χ2v) is 9.62. The summed E-state index contributed by atoms with van der Waals surface area (Å²) in [5.74, 6) is 0.681. The molecule has 5 heteroatoms. The number of carbonyl (C=O) groups is 1. The highest BCUT2D eigenvalue weighted by atomic mass is 79.9. The van der Waals surface area contributed by atoms with Gasteiger partial charge in [0, 0.05) is 16.2 Å². The van der Waals surface area contributed by atoms with Crippen LogP contribution in [0.3, 0.4) is 0 Å². The zero-order chi connectivity index (χ0) is 19.5. The second-order valence-electron chi connectivity index (χ2n) is 7.59. The van der Waals surface area contributed by atoms with Gasteiger partial charge in [-0.1, -0.05) is 77.8 Å². The molecule has 1 aliphatic heterocycles. The van der Waals surface area contributed by atoms with Gasteiger partial charge in [-0.2, -0.15) is 0 Å². The number of halogens is 1. The molecule has 3 nitrogen and oxygen atoms in total. The van der Waals surface area contributed by atoms with Gasteiger partial charge in [-0.25, -0.2) is 0 Å². The van der Waals surface area contributed by atoms with E-state index in [0.29, 0.717) is 12.0 Å². The molecule has 2 fully saturated rings. The van der Waals surface area contributed by atoms with Crippen LogP contribution in [-0.2, 0) is 4.79 Å². The number of rotatable bonds is 4. The summed E-state index contributed by atoms with van der Waals surface area (Å²) in [6.07, 6.45) is 6.77. The summed E-state index contributed by atoms with van der Waals surface area (Å²) >= 11 is 5.15. The third-order valence-electron chi connectivity index (χ3n) is 5.57. The lowest BCUT2D eigenvalue weighted by Crippen LogP contribution is -2.48. The third kappa shape index (κ3) is 4.31. The molecule has 2 aliphatic rings. The highest BCUT2D eigenvalue weighted by Crippen LogP contribution is 2.42. The number of amides is 1. The lowest BCUT2D eigenvalue weighted by atomic mass is 9.85. The van der Waals surface area contributed by atoms with Gasteiger partial charge >= 0.3 is 0 Å². The molecule has 1 N–H and O–H groups in total. The molecule has 0 bridgehead atoms. The van der Waals surface area contributed by atoms with Crippen LogP contribution in [0.2, 0.25) is 0 Å². The monoisotopic (exact) mass is 456 g/mol. The van der Waals surface area contributed by atoms with E-state index >= 15 is 0 Å². The minimum atomic E-state index is -0.0705. The van der Waals surface area contributed by atoms with Crippen LogP contribution >= 0.6 is 27.7 Å². The van der Waals surface area contributed by atoms with Crippen molar-refractivity contribution in [2.45, 2.75) is 44.1 Å². The van der Waals surface area contributed by atoms with E-state index in [4.69, 9.17) is 0 Å². The quantitative estimate of drug-likeness (QED) is 0.544. The molecular weight excluding hydrogens is 432 g/mol. The lowest BCUT2D eigenvalue weighted by molar-refractivity contribution is -0.129. The van der Waals surface area contributed by atoms with Crippen molar-refractivity contribution in [2.75, 3.05) is 5.32 Å². The van der Waals surface area contributed by atoms with Gasteiger partial charge in [0.25, 0.3) is 5.91 Å². The Balaban J connectivity index is 1.64. The van der Waals surface area contributed by atoms with Crippen LogP contribution < -0.4 is 5.32 Å². The molecule has 0 aromatic heterocycles. The third-order valence-corrected chi connectivity index (χ3v) is 7.18. The molecule has 1 aliphatic carbocycles. The van der Waals surface area contributed by atoms with E-state index in [1.807, 2.05) is 48.5 Å². The maximum absolute atomic E-state index is 13.4. The van der Waals surface area contributed by atoms with E-state index in [1.165, 1.54) is 19.3 Å². The molecule has 0 radical (unpaired) electrons. The molecule has 1 heterocycles. The topological polar surface area (TPSA) is 32.3 Å². The first-order valence-electron chi connectivity index (χ1n) is 9.90. The van der Waals surface area contributed by atoms with Gasteiger partial charge in [-0.3, -0.25) is 4.79 Å². The van der Waals surface area contributed by atoms with Crippen molar-refractivity contribution in [3.63, 3.8) is 0 Å². The summed E-state index contributed by atoms with van der Waals surface area (Å²) in [5.41, 5.74) is 2.02. The Kier molecular flexibility index (Phi) is 6.12. The molecule has 1 unspecified atom stereocenters. The highest BCUT2D eigenvalue weighted by Gasteiger charge is 2.42. The summed E-state index contributed by atoms with van der Waals surface area (Å²) in [7, 11) is 0. The molecule has 3 atom stereocenters. The fourth-order valence-corrected chi connectivity index (χ4v) is 5.74. The number of nitrogens with zero attached hydrogens (tertiary/aromatic N) is 1. The molecule has 0 spiro atoms. The largest absolute Gasteiger partial charge is 0.356 e. The fraction of sp³-hybridized carbons (Fsp3) is 0.348. The number of para-hydroxylation sites is 1. The van der Waals surface area contributed by atoms with Crippen LogP contribution in [0.25, 0.3) is 6.08 Å². The van der Waals surface area contributed by atoms with Gasteiger partial charge in [0.05, 0.1) is 4.91 Å². The Morgan fingerprint density at radius 3 is 2.64 bits per heavy atom. The Labute approximate surface area is 179 Å². The molecule has 28 heavy (non-hydrogen) atoms. The number of hydrogen-bond donors (Lipinski definition) is 1. The second kappa shape index (κ2) is 8.75. The Bertz CT molecular complexity index is 870. The van der Waals surface area contributed by atoms with Gasteiger partial charge in [-0.05, 0) is 54.7 Å². The van der Waals surface area contributed by atoms with E-state index in [-0.39, 0.29) is 11.4 Å². The van der Waals surface area contributed by atoms with Crippen LogP contribution in [0.1, 0.15) is 38.2 Å². The molecule has 1 saturated heterocycles. The number of thioether (sulfide) groups is 1. The highest BCUT2D eigenvalue weighted by molar-refractivity contribution is 9.10. The van der Waals surface area contributed by atoms with Gasteiger partial charge in [0.1, 0.15) is 0 Å². The minimum absolute atomic E-state index is 0.0705.